The van der Waals surface area contributed by atoms with Crippen LogP contribution in [0.3, 0.4) is 0 Å². The molecule has 2 aliphatic heterocycles. The molecule has 0 aromatic carbocycles. The van der Waals surface area contributed by atoms with Gasteiger partial charge in [0, 0.05) is 118 Å². The Morgan fingerprint density at radius 1 is 0.651 bits per heavy atom. The van der Waals surface area contributed by atoms with Gasteiger partial charge in [0.1, 0.15) is 30.4 Å². The number of hydrogen-bond donors (Lipinski definition) is 4. The van der Waals surface area contributed by atoms with Crippen LogP contribution in [0.4, 0.5) is 0 Å². The number of ether oxygens (including phenoxy) is 3. The predicted octanol–water partition coefficient (Wildman–Crippen LogP) is 13.0. The molecular formula is C60H95I6O13S4-. The summed E-state index contributed by atoms with van der Waals surface area (Å²) in [5, 5.41) is 42.2. The summed E-state index contributed by atoms with van der Waals surface area (Å²) in [6.45, 7) is 23.6. The smallest absolute Gasteiger partial charge is 0.303 e. The van der Waals surface area contributed by atoms with Crippen LogP contribution in [0.1, 0.15) is 184 Å². The molecule has 13 nitrogen and oxygen atoms in total. The van der Waals surface area contributed by atoms with Gasteiger partial charge in [-0.3, -0.25) is 19.2 Å². The summed E-state index contributed by atoms with van der Waals surface area (Å²) in [5.41, 5.74) is -2.99. The first-order valence-electron chi connectivity index (χ1n) is 29.4. The van der Waals surface area contributed by atoms with Gasteiger partial charge in [0.25, 0.3) is 0 Å². The molecular weight excluding hydrogens is 1820 g/mol. The van der Waals surface area contributed by atoms with E-state index in [2.05, 4.69) is 129 Å². The van der Waals surface area contributed by atoms with Crippen molar-refractivity contribution in [3.8, 4) is 0 Å². The average Bonchev–Trinajstić information content (AvgIpc) is 3.53. The van der Waals surface area contributed by atoms with Crippen LogP contribution >= 0.6 is 142 Å². The number of aliphatic carboxylic acids is 1. The van der Waals surface area contributed by atoms with Gasteiger partial charge in [0.15, 0.2) is 6.61 Å². The van der Waals surface area contributed by atoms with Gasteiger partial charge >= 0.3 is 74.4 Å². The minimum Gasteiger partial charge on any atom is -0.481 e. The number of hydrogen-bond acceptors (Lipinski definition) is 16. The monoisotopic (exact) mass is 1910 g/mol. The fraction of sp³-hybridized carbons (Fsp3) is 0.833. The predicted molar refractivity (Wildman–Crippen MR) is 380 cm³/mol. The summed E-state index contributed by atoms with van der Waals surface area (Å²) < 4.78 is 17.1. The van der Waals surface area contributed by atoms with E-state index in [1.165, 1.54) is 30.8 Å². The largest absolute Gasteiger partial charge is 0.481 e. The molecule has 83 heavy (non-hydrogen) atoms. The molecule has 23 heteroatoms. The molecule has 8 fully saturated rings. The van der Waals surface area contributed by atoms with E-state index in [4.69, 9.17) is 19.3 Å². The van der Waals surface area contributed by atoms with Gasteiger partial charge in [-0.05, 0) is 124 Å². The van der Waals surface area contributed by atoms with E-state index in [-0.39, 0.29) is 81.9 Å². The summed E-state index contributed by atoms with van der Waals surface area (Å²) in [4.78, 5) is 74.1. The first-order chi connectivity index (χ1) is 38.7. The van der Waals surface area contributed by atoms with Gasteiger partial charge < -0.3 is 34.6 Å². The summed E-state index contributed by atoms with van der Waals surface area (Å²) in [5.74, 6) is 0.586. The van der Waals surface area contributed by atoms with E-state index in [1.807, 2.05) is 57.0 Å². The van der Waals surface area contributed by atoms with Crippen molar-refractivity contribution in [2.75, 3.05) is 24.7 Å². The van der Waals surface area contributed by atoms with E-state index in [1.54, 1.807) is 12.2 Å². The molecule has 0 spiro atoms. The first kappa shape index (κ1) is 79.6. The molecule has 0 aromatic rings. The van der Waals surface area contributed by atoms with Gasteiger partial charge in [-0.2, -0.15) is 0 Å². The molecule has 6 aliphatic carbocycles. The number of carboxylic acids is 1. The van der Waals surface area contributed by atoms with Crippen molar-refractivity contribution in [1.29, 1.82) is 0 Å². The van der Waals surface area contributed by atoms with Crippen molar-refractivity contribution in [3.05, 3.63) is 25.3 Å². The Balaban J connectivity index is 0.000000348. The molecule has 4 N–H and O–H groups in total. The number of ketones is 2. The third-order valence-electron chi connectivity index (χ3n) is 21.2. The van der Waals surface area contributed by atoms with E-state index < -0.39 is 77.2 Å². The van der Waals surface area contributed by atoms with Crippen molar-refractivity contribution in [1.82, 2.24) is 0 Å². The normalized spacial score (nSPS) is 39.3. The molecule has 4 bridgehead atoms. The third kappa shape index (κ3) is 19.0. The van der Waals surface area contributed by atoms with Crippen LogP contribution in [-0.2, 0) is 43.0 Å². The number of halogens is 6. The van der Waals surface area contributed by atoms with Crippen molar-refractivity contribution >= 4 is 177 Å². The van der Waals surface area contributed by atoms with Crippen molar-refractivity contribution in [2.45, 2.75) is 219 Å². The Morgan fingerprint density at radius 2 is 1.05 bits per heavy atom. The van der Waals surface area contributed by atoms with E-state index in [9.17, 15) is 44.1 Å². The van der Waals surface area contributed by atoms with Gasteiger partial charge in [0.05, 0.1) is 12.2 Å². The van der Waals surface area contributed by atoms with Crippen LogP contribution in [0, 0.1) is 68.0 Å². The number of carboxylic acid groups (broad SMARTS) is 1. The molecule has 8 rings (SSSR count). The molecule has 0 aromatic heterocycles. The fourth-order valence-electron chi connectivity index (χ4n) is 16.4. The third-order valence-corrected chi connectivity index (χ3v) is 27.2. The topological polar surface area (TPSA) is 211 Å². The minimum absolute atomic E-state index is 0. The number of rotatable bonds is 17. The quantitative estimate of drug-likeness (QED) is 0.0266. The number of carbonyl (C=O) groups is 6. The Labute approximate surface area is 582 Å². The first-order valence-corrected chi connectivity index (χ1v) is 53.0. The molecule has 8 aliphatic rings. The fourth-order valence-corrected chi connectivity index (χ4v) is 22.4. The maximum Gasteiger partial charge on any atom is 0.303 e. The van der Waals surface area contributed by atoms with Crippen LogP contribution in [0.2, 0.25) is 0 Å². The van der Waals surface area contributed by atoms with E-state index >= 15 is 0 Å². The second-order valence-corrected chi connectivity index (χ2v) is 47.4. The minimum atomic E-state index is -0.709. The second-order valence-electron chi connectivity index (χ2n) is 25.6. The molecule has 2 saturated heterocycles. The van der Waals surface area contributed by atoms with Crippen molar-refractivity contribution in [3.63, 3.8) is 0 Å². The number of aliphatic hydroxyl groups excluding tert-OH is 3. The number of Topliss-reactive ketones (excluding diaryl/α,β-unsaturated/α-hetero) is 2. The van der Waals surface area contributed by atoms with Crippen LogP contribution < -0.4 is 13.3 Å². The SMILES string of the molecule is C=C[C@]1(C)C[C@@H](OC(=O)CO)[C@]2(C)CC[C@@H](C)[C@@]3(CCC(=O)[C@@H]23)[C@@H](C)[C@@H]1O.C=C[C@]1(C)C[C@@H](OC(=O)COC(=O)CCCCC2CCSS2)[C@]2(C)CC[C@@H](C)[C@@]3(CCC(=O)[C@@H]23)[C@@H](C)[C@@H]1O.I.II.I[I-]I.O=C(O)CCCCC1CCSS1. The Hall–Kier alpha value is 2.36. The van der Waals surface area contributed by atoms with Crippen LogP contribution in [-0.4, -0.2) is 116 Å². The summed E-state index contributed by atoms with van der Waals surface area (Å²) in [7, 11) is 7.78. The zero-order valence-corrected chi connectivity index (χ0v) is 66.2. The van der Waals surface area contributed by atoms with Gasteiger partial charge in [-0.1, -0.05) is 124 Å². The number of esters is 3. The maximum absolute atomic E-state index is 13.5. The summed E-state index contributed by atoms with van der Waals surface area (Å²) in [6, 6.07) is 0. The van der Waals surface area contributed by atoms with Crippen LogP contribution in [0.15, 0.2) is 25.3 Å². The molecule has 18 atom stereocenters. The molecule has 2 heterocycles. The van der Waals surface area contributed by atoms with Crippen molar-refractivity contribution in [2.24, 2.45) is 68.0 Å². The standard InChI is InChI=1S/C30H46O6S2.C22H34O5.C8H14O2S2.I3.I2.HI/c1-6-28(4)17-23(36-25(33)18-35-24(32)10-8-7-9-21-13-16-37-38-21)29(5)14-11-19(2)30(20(3)27(28)34)15-12-22(31)26(29)30;1-6-20(4)11-16(27-17(25)12-23)21(5)9-7-13(2)22(14(3)19(20)26)10-8-15(24)18(21)22;9-8(10)4-2-1-3-7-5-6-11-12-7;1-3-2;1-2;/h6,19-21,23,26-27,34H,1,7-18H2,2-5H3;6,13-14,16,18-19,23,26H,1,7-12H2,2-5H3;7H,1-6H2,(H,9,10);;;1H/q;;;-1;;/t19-,20+,21?,23-,26+,27+,28-,29+,30+;13-,14+,16-,18+,19+,20-,21+,22+;;;;/m11..../s1. The van der Waals surface area contributed by atoms with E-state index in [0.29, 0.717) is 62.9 Å². The Bertz CT molecular complexity index is 2160. The van der Waals surface area contributed by atoms with E-state index in [0.717, 1.165) is 75.9 Å². The maximum atomic E-state index is 13.5. The molecule has 6 saturated carbocycles. The zero-order valence-electron chi connectivity index (χ0n) is 49.9. The zero-order chi connectivity index (χ0) is 61.4. The molecule has 0 amide bonds. The number of aliphatic hydroxyl groups is 3. The molecule has 480 valence electrons. The van der Waals surface area contributed by atoms with Crippen LogP contribution in [0.5, 0.6) is 0 Å². The Kier molecular flexibility index (Phi) is 35.2. The summed E-state index contributed by atoms with van der Waals surface area (Å²) in [6.07, 6.45) is 17.0. The Morgan fingerprint density at radius 3 is 1.41 bits per heavy atom. The molecule has 2 unspecified atom stereocenters. The summed E-state index contributed by atoms with van der Waals surface area (Å²) >= 11 is 9.54. The van der Waals surface area contributed by atoms with Crippen molar-refractivity contribution < 1.29 is 76.7 Å². The van der Waals surface area contributed by atoms with Gasteiger partial charge in [0.2, 0.25) is 0 Å². The second kappa shape index (κ2) is 36.7. The molecule has 0 radical (unpaired) electrons. The average molecular weight is 1910 g/mol. The number of carbonyl (C=O) groups excluding carboxylic acids is 5. The number of unbranched alkanes of at least 4 members (excludes halogenated alkanes) is 2. The van der Waals surface area contributed by atoms with Gasteiger partial charge in [-0.25, -0.2) is 9.59 Å². The van der Waals surface area contributed by atoms with Gasteiger partial charge in [-0.15, -0.1) is 37.1 Å². The van der Waals surface area contributed by atoms with Crippen LogP contribution in [0.25, 0.3) is 0 Å².